The lowest BCUT2D eigenvalue weighted by Crippen LogP contribution is -1.96. The molecule has 0 radical (unpaired) electrons. The van der Waals surface area contributed by atoms with E-state index in [1.165, 1.54) is 24.3 Å². The van der Waals surface area contributed by atoms with E-state index in [9.17, 15) is 0 Å². The summed E-state index contributed by atoms with van der Waals surface area (Å²) in [4.78, 5) is 0. The van der Waals surface area contributed by atoms with Crippen molar-refractivity contribution in [3.05, 3.63) is 11.6 Å². The normalized spacial score (nSPS) is 20.9. The molecule has 0 unspecified atom stereocenters. The molecule has 0 aromatic carbocycles. The predicted octanol–water partition coefficient (Wildman–Crippen LogP) is 2.46. The molecule has 0 aromatic rings. The average molecular weight is 128 g/mol. The van der Waals surface area contributed by atoms with Crippen molar-refractivity contribution in [2.45, 2.75) is 19.8 Å². The Balaban J connectivity index is 2.33. The van der Waals surface area contributed by atoms with Crippen LogP contribution >= 0.6 is 11.8 Å². The van der Waals surface area contributed by atoms with Crippen molar-refractivity contribution >= 4 is 11.8 Å². The third-order valence-corrected chi connectivity index (χ3v) is 2.53. The minimum atomic E-state index is 1.33. The van der Waals surface area contributed by atoms with Crippen molar-refractivity contribution in [1.82, 2.24) is 0 Å². The van der Waals surface area contributed by atoms with Gasteiger partial charge in [-0.3, -0.25) is 0 Å². The molecule has 0 bridgehead atoms. The summed E-state index contributed by atoms with van der Waals surface area (Å²) in [6.07, 6.45) is 4.93. The zero-order valence-electron chi connectivity index (χ0n) is 5.31. The van der Waals surface area contributed by atoms with Gasteiger partial charge in [-0.05, 0) is 31.3 Å². The molecule has 0 amide bonds. The van der Waals surface area contributed by atoms with Crippen LogP contribution in [0.2, 0.25) is 0 Å². The highest BCUT2D eigenvalue weighted by Gasteiger charge is 2.02. The van der Waals surface area contributed by atoms with Gasteiger partial charge in [0.1, 0.15) is 0 Å². The van der Waals surface area contributed by atoms with E-state index in [1.807, 2.05) is 0 Å². The highest BCUT2D eigenvalue weighted by molar-refractivity contribution is 7.99. The Kier molecular flexibility index (Phi) is 2.47. The molecule has 0 aromatic heterocycles. The smallest absolute Gasteiger partial charge is 0.00301 e. The van der Waals surface area contributed by atoms with Crippen molar-refractivity contribution < 1.29 is 0 Å². The second-order valence-electron chi connectivity index (χ2n) is 2.06. The summed E-state index contributed by atoms with van der Waals surface area (Å²) in [6, 6.07) is 0. The minimum absolute atomic E-state index is 1.33. The van der Waals surface area contributed by atoms with Crippen LogP contribution in [-0.2, 0) is 0 Å². The molecular weight excluding hydrogens is 116 g/mol. The highest BCUT2D eigenvalue weighted by Crippen LogP contribution is 2.20. The van der Waals surface area contributed by atoms with Crippen LogP contribution in [0.5, 0.6) is 0 Å². The van der Waals surface area contributed by atoms with Gasteiger partial charge in [0.25, 0.3) is 0 Å². The number of hydrogen-bond donors (Lipinski definition) is 0. The lowest BCUT2D eigenvalue weighted by Gasteiger charge is -2.11. The van der Waals surface area contributed by atoms with Crippen molar-refractivity contribution in [3.63, 3.8) is 0 Å². The van der Waals surface area contributed by atoms with Crippen LogP contribution in [-0.4, -0.2) is 11.5 Å². The monoisotopic (exact) mass is 128 g/mol. The fourth-order valence-electron chi connectivity index (χ4n) is 0.922. The molecule has 0 nitrogen and oxygen atoms in total. The summed E-state index contributed by atoms with van der Waals surface area (Å²) in [5, 5.41) is 0. The zero-order chi connectivity index (χ0) is 5.82. The van der Waals surface area contributed by atoms with E-state index >= 15 is 0 Å². The summed E-state index contributed by atoms with van der Waals surface area (Å²) >= 11 is 2.07. The SMILES string of the molecule is CC=C1CCSCC1. The van der Waals surface area contributed by atoms with Gasteiger partial charge in [0, 0.05) is 0 Å². The molecule has 0 saturated carbocycles. The van der Waals surface area contributed by atoms with Crippen LogP contribution in [0.3, 0.4) is 0 Å². The third kappa shape index (κ3) is 1.55. The van der Waals surface area contributed by atoms with Gasteiger partial charge in [-0.1, -0.05) is 11.6 Å². The van der Waals surface area contributed by atoms with Crippen molar-refractivity contribution in [2.24, 2.45) is 0 Å². The van der Waals surface area contributed by atoms with E-state index in [2.05, 4.69) is 24.8 Å². The summed E-state index contributed by atoms with van der Waals surface area (Å²) < 4.78 is 0. The molecule has 1 heteroatoms. The van der Waals surface area contributed by atoms with Crippen LogP contribution in [0.4, 0.5) is 0 Å². The number of allylic oxidation sites excluding steroid dienone is 2. The Morgan fingerprint density at radius 2 is 2.00 bits per heavy atom. The second kappa shape index (κ2) is 3.18. The van der Waals surface area contributed by atoms with E-state index in [4.69, 9.17) is 0 Å². The molecule has 0 spiro atoms. The van der Waals surface area contributed by atoms with E-state index in [0.29, 0.717) is 0 Å². The summed E-state index contributed by atoms with van der Waals surface area (Å²) in [5.74, 6) is 2.69. The molecule has 1 heterocycles. The van der Waals surface area contributed by atoms with Gasteiger partial charge in [-0.15, -0.1) is 0 Å². The Morgan fingerprint density at radius 3 is 2.38 bits per heavy atom. The topological polar surface area (TPSA) is 0 Å². The fourth-order valence-corrected chi connectivity index (χ4v) is 1.94. The summed E-state index contributed by atoms with van der Waals surface area (Å²) in [5.41, 5.74) is 1.66. The van der Waals surface area contributed by atoms with Gasteiger partial charge >= 0.3 is 0 Å². The molecule has 0 N–H and O–H groups in total. The zero-order valence-corrected chi connectivity index (χ0v) is 6.13. The standard InChI is InChI=1S/C7H12S/c1-2-7-3-5-8-6-4-7/h2H,3-6H2,1H3. The first-order valence-corrected chi connectivity index (χ1v) is 4.31. The quantitative estimate of drug-likeness (QED) is 0.452. The largest absolute Gasteiger partial charge is 0.161 e. The maximum absolute atomic E-state index is 2.26. The molecule has 1 rings (SSSR count). The molecule has 8 heavy (non-hydrogen) atoms. The van der Waals surface area contributed by atoms with Gasteiger partial charge in [0.15, 0.2) is 0 Å². The van der Waals surface area contributed by atoms with E-state index < -0.39 is 0 Å². The van der Waals surface area contributed by atoms with E-state index in [-0.39, 0.29) is 0 Å². The summed E-state index contributed by atoms with van der Waals surface area (Å²) in [7, 11) is 0. The van der Waals surface area contributed by atoms with Gasteiger partial charge in [0.05, 0.1) is 0 Å². The second-order valence-corrected chi connectivity index (χ2v) is 3.28. The van der Waals surface area contributed by atoms with Crippen LogP contribution in [0.15, 0.2) is 11.6 Å². The lowest BCUT2D eigenvalue weighted by atomic mass is 10.1. The maximum Gasteiger partial charge on any atom is -0.00301 e. The molecule has 0 aliphatic carbocycles. The van der Waals surface area contributed by atoms with E-state index in [1.54, 1.807) is 5.57 Å². The van der Waals surface area contributed by atoms with Crippen molar-refractivity contribution in [3.8, 4) is 0 Å². The van der Waals surface area contributed by atoms with Crippen LogP contribution in [0.1, 0.15) is 19.8 Å². The van der Waals surface area contributed by atoms with Crippen molar-refractivity contribution in [2.75, 3.05) is 11.5 Å². The maximum atomic E-state index is 2.26. The van der Waals surface area contributed by atoms with E-state index in [0.717, 1.165) is 0 Å². The molecule has 46 valence electrons. The fraction of sp³-hybridized carbons (Fsp3) is 0.714. The molecule has 1 fully saturated rings. The van der Waals surface area contributed by atoms with Gasteiger partial charge in [0.2, 0.25) is 0 Å². The number of thioether (sulfide) groups is 1. The number of hydrogen-bond acceptors (Lipinski definition) is 1. The molecule has 1 aliphatic heterocycles. The van der Waals surface area contributed by atoms with Gasteiger partial charge in [-0.25, -0.2) is 0 Å². The molecular formula is C7H12S. The molecule has 0 atom stereocenters. The Bertz CT molecular complexity index is 86.6. The Labute approximate surface area is 55.4 Å². The van der Waals surface area contributed by atoms with Crippen LogP contribution in [0, 0.1) is 0 Å². The van der Waals surface area contributed by atoms with Gasteiger partial charge in [-0.2, -0.15) is 11.8 Å². The third-order valence-electron chi connectivity index (χ3n) is 1.54. The highest BCUT2D eigenvalue weighted by atomic mass is 32.2. The predicted molar refractivity (Wildman–Crippen MR) is 40.3 cm³/mol. The average Bonchev–Trinajstić information content (AvgIpc) is 1.90. The Morgan fingerprint density at radius 1 is 1.38 bits per heavy atom. The first-order chi connectivity index (χ1) is 3.93. The Hall–Kier alpha value is 0.0900. The first-order valence-electron chi connectivity index (χ1n) is 3.15. The minimum Gasteiger partial charge on any atom is -0.161 e. The first kappa shape index (κ1) is 6.21. The molecule has 1 aliphatic rings. The summed E-state index contributed by atoms with van der Waals surface area (Å²) in [6.45, 7) is 2.14. The van der Waals surface area contributed by atoms with Crippen LogP contribution < -0.4 is 0 Å². The van der Waals surface area contributed by atoms with Crippen LogP contribution in [0.25, 0.3) is 0 Å². The van der Waals surface area contributed by atoms with Crippen molar-refractivity contribution in [1.29, 1.82) is 0 Å². The van der Waals surface area contributed by atoms with Gasteiger partial charge < -0.3 is 0 Å². The molecule has 1 saturated heterocycles. The lowest BCUT2D eigenvalue weighted by molar-refractivity contribution is 0.961. The number of rotatable bonds is 0.